The van der Waals surface area contributed by atoms with Crippen molar-refractivity contribution >= 4 is 27.5 Å². The van der Waals surface area contributed by atoms with Gasteiger partial charge in [-0.1, -0.05) is 151 Å². The van der Waals surface area contributed by atoms with Crippen LogP contribution in [0.2, 0.25) is 5.02 Å². The fourth-order valence-corrected chi connectivity index (χ4v) is 6.13. The van der Waals surface area contributed by atoms with Crippen molar-refractivity contribution in [2.24, 2.45) is 0 Å². The van der Waals surface area contributed by atoms with Crippen molar-refractivity contribution in [1.29, 1.82) is 0 Å². The molecule has 0 N–H and O–H groups in total. The molecular weight excluding hydrogens is 552 g/mol. The lowest BCUT2D eigenvalue weighted by atomic mass is 9.76. The number of benzene rings is 5. The Morgan fingerprint density at radius 3 is 1.45 bits per heavy atom. The van der Waals surface area contributed by atoms with E-state index >= 15 is 0 Å². The SMILES string of the molecule is Clc1ccccc1-c1nn(C(c2ccccc2)(c2ccccc2)c2ccccc2)c(-c2ccccc2)c1Br. The summed E-state index contributed by atoms with van der Waals surface area (Å²) in [7, 11) is 0. The van der Waals surface area contributed by atoms with Crippen LogP contribution in [0.25, 0.3) is 22.5 Å². The van der Waals surface area contributed by atoms with Gasteiger partial charge in [0.25, 0.3) is 0 Å². The Balaban J connectivity index is 1.81. The third-order valence-electron chi connectivity index (χ3n) is 6.90. The van der Waals surface area contributed by atoms with Crippen molar-refractivity contribution in [2.45, 2.75) is 5.54 Å². The first-order chi connectivity index (χ1) is 18.7. The second-order valence-electron chi connectivity index (χ2n) is 9.08. The maximum atomic E-state index is 6.73. The van der Waals surface area contributed by atoms with Crippen molar-refractivity contribution in [2.75, 3.05) is 0 Å². The molecule has 0 amide bonds. The minimum Gasteiger partial charge on any atom is -0.243 e. The first-order valence-electron chi connectivity index (χ1n) is 12.5. The molecule has 0 spiro atoms. The highest BCUT2D eigenvalue weighted by Gasteiger charge is 2.42. The molecule has 4 heteroatoms. The largest absolute Gasteiger partial charge is 0.243 e. The molecule has 0 aliphatic rings. The molecule has 184 valence electrons. The summed E-state index contributed by atoms with van der Waals surface area (Å²) in [4.78, 5) is 0. The lowest BCUT2D eigenvalue weighted by Crippen LogP contribution is -2.39. The molecule has 0 bridgehead atoms. The van der Waals surface area contributed by atoms with Gasteiger partial charge in [0.05, 0.1) is 15.2 Å². The van der Waals surface area contributed by atoms with Gasteiger partial charge < -0.3 is 0 Å². The second-order valence-corrected chi connectivity index (χ2v) is 10.3. The number of nitrogens with zero attached hydrogens (tertiary/aromatic N) is 2. The molecule has 38 heavy (non-hydrogen) atoms. The second kappa shape index (κ2) is 10.4. The summed E-state index contributed by atoms with van der Waals surface area (Å²) in [6, 6.07) is 50.0. The Morgan fingerprint density at radius 2 is 0.974 bits per heavy atom. The monoisotopic (exact) mass is 574 g/mol. The van der Waals surface area contributed by atoms with E-state index in [-0.39, 0.29) is 0 Å². The molecule has 0 saturated heterocycles. The molecule has 0 fully saturated rings. The van der Waals surface area contributed by atoms with E-state index in [1.807, 2.05) is 30.3 Å². The van der Waals surface area contributed by atoms with E-state index in [9.17, 15) is 0 Å². The first-order valence-corrected chi connectivity index (χ1v) is 13.6. The normalized spacial score (nSPS) is 11.4. The van der Waals surface area contributed by atoms with Gasteiger partial charge in [0.15, 0.2) is 0 Å². The van der Waals surface area contributed by atoms with Gasteiger partial charge in [-0.3, -0.25) is 0 Å². The van der Waals surface area contributed by atoms with E-state index in [4.69, 9.17) is 16.7 Å². The average Bonchev–Trinajstić information content (AvgIpc) is 3.32. The molecule has 0 unspecified atom stereocenters. The smallest absolute Gasteiger partial charge is 0.138 e. The van der Waals surface area contributed by atoms with Gasteiger partial charge in [-0.2, -0.15) is 5.10 Å². The summed E-state index contributed by atoms with van der Waals surface area (Å²) >= 11 is 10.7. The topological polar surface area (TPSA) is 17.8 Å². The highest BCUT2D eigenvalue weighted by Crippen LogP contribution is 2.47. The van der Waals surface area contributed by atoms with E-state index in [2.05, 4.69) is 136 Å². The van der Waals surface area contributed by atoms with Gasteiger partial charge in [-0.15, -0.1) is 0 Å². The molecule has 1 aromatic heterocycles. The molecule has 2 nitrogen and oxygen atoms in total. The van der Waals surface area contributed by atoms with Crippen molar-refractivity contribution in [3.05, 3.63) is 172 Å². The van der Waals surface area contributed by atoms with Crippen molar-refractivity contribution in [1.82, 2.24) is 9.78 Å². The summed E-state index contributed by atoms with van der Waals surface area (Å²) in [5.41, 5.74) is 6.24. The minimum atomic E-state index is -0.767. The highest BCUT2D eigenvalue weighted by atomic mass is 79.9. The van der Waals surface area contributed by atoms with E-state index in [1.54, 1.807) is 0 Å². The summed E-state index contributed by atoms with van der Waals surface area (Å²) < 4.78 is 3.06. The predicted molar refractivity (Wildman–Crippen MR) is 160 cm³/mol. The van der Waals surface area contributed by atoms with Crippen LogP contribution in [-0.4, -0.2) is 9.78 Å². The Labute approximate surface area is 236 Å². The van der Waals surface area contributed by atoms with Crippen LogP contribution < -0.4 is 0 Å². The van der Waals surface area contributed by atoms with Crippen LogP contribution in [0.4, 0.5) is 0 Å². The van der Waals surface area contributed by atoms with Crippen LogP contribution >= 0.6 is 27.5 Å². The number of hydrogen-bond donors (Lipinski definition) is 0. The zero-order chi connectivity index (χ0) is 26.0. The van der Waals surface area contributed by atoms with Crippen LogP contribution in [-0.2, 0) is 5.54 Å². The van der Waals surface area contributed by atoms with E-state index in [0.717, 1.165) is 43.7 Å². The first kappa shape index (κ1) is 24.4. The van der Waals surface area contributed by atoms with Crippen LogP contribution in [0.5, 0.6) is 0 Å². The van der Waals surface area contributed by atoms with Crippen molar-refractivity contribution in [3.8, 4) is 22.5 Å². The molecule has 1 heterocycles. The molecule has 0 atom stereocenters. The van der Waals surface area contributed by atoms with Crippen molar-refractivity contribution in [3.63, 3.8) is 0 Å². The summed E-state index contributed by atoms with van der Waals surface area (Å²) in [5, 5.41) is 6.06. The predicted octanol–water partition coefficient (Wildman–Crippen LogP) is 9.47. The Morgan fingerprint density at radius 1 is 0.553 bits per heavy atom. The molecule has 6 aromatic rings. The summed E-state index contributed by atoms with van der Waals surface area (Å²) in [6.45, 7) is 0. The molecule has 5 aromatic carbocycles. The maximum Gasteiger partial charge on any atom is 0.138 e. The van der Waals surface area contributed by atoms with Crippen LogP contribution in [0.3, 0.4) is 0 Å². The van der Waals surface area contributed by atoms with Crippen LogP contribution in [0.15, 0.2) is 150 Å². The Hall–Kier alpha value is -3.92. The maximum absolute atomic E-state index is 6.73. The third-order valence-corrected chi connectivity index (χ3v) is 7.98. The lowest BCUT2D eigenvalue weighted by Gasteiger charge is -2.37. The Kier molecular flexibility index (Phi) is 6.71. The molecule has 0 aliphatic carbocycles. The number of halogens is 2. The van der Waals surface area contributed by atoms with E-state index in [0.29, 0.717) is 5.02 Å². The highest BCUT2D eigenvalue weighted by molar-refractivity contribution is 9.10. The summed E-state index contributed by atoms with van der Waals surface area (Å²) in [6.07, 6.45) is 0. The Bertz CT molecular complexity index is 1570. The van der Waals surface area contributed by atoms with Gasteiger partial charge in [-0.25, -0.2) is 4.68 Å². The van der Waals surface area contributed by atoms with Gasteiger partial charge in [-0.05, 0) is 38.7 Å². The van der Waals surface area contributed by atoms with Crippen molar-refractivity contribution < 1.29 is 0 Å². The zero-order valence-corrected chi connectivity index (χ0v) is 22.8. The molecular formula is C34H24BrClN2. The van der Waals surface area contributed by atoms with E-state index < -0.39 is 5.54 Å². The van der Waals surface area contributed by atoms with Gasteiger partial charge in [0.2, 0.25) is 0 Å². The fraction of sp³-hybridized carbons (Fsp3) is 0.0294. The van der Waals surface area contributed by atoms with Crippen LogP contribution in [0.1, 0.15) is 16.7 Å². The fourth-order valence-electron chi connectivity index (χ4n) is 5.22. The number of hydrogen-bond acceptors (Lipinski definition) is 1. The molecule has 0 aliphatic heterocycles. The molecule has 0 radical (unpaired) electrons. The molecule has 6 rings (SSSR count). The van der Waals surface area contributed by atoms with E-state index in [1.165, 1.54) is 0 Å². The van der Waals surface area contributed by atoms with Crippen LogP contribution in [0, 0.1) is 0 Å². The minimum absolute atomic E-state index is 0.655. The quantitative estimate of drug-likeness (QED) is 0.181. The third kappa shape index (κ3) is 4.09. The van der Waals surface area contributed by atoms with Gasteiger partial charge in [0, 0.05) is 11.1 Å². The van der Waals surface area contributed by atoms with Gasteiger partial charge in [0.1, 0.15) is 11.2 Å². The standard InChI is InChI=1S/C34H24BrClN2/c35-31-32(29-23-13-14-24-30(29)36)37-38(33(31)25-15-5-1-6-16-25)34(26-17-7-2-8-18-26,27-19-9-3-10-20-27)28-21-11-4-12-22-28/h1-24H. The average molecular weight is 576 g/mol. The number of aromatic nitrogens is 2. The zero-order valence-electron chi connectivity index (χ0n) is 20.5. The lowest BCUT2D eigenvalue weighted by molar-refractivity contribution is 0.466. The number of rotatable bonds is 6. The van der Waals surface area contributed by atoms with Gasteiger partial charge >= 0.3 is 0 Å². The summed E-state index contributed by atoms with van der Waals surface area (Å²) in [5.74, 6) is 0. The molecule has 0 saturated carbocycles.